The number of carbonyl (C=O) groups excluding carboxylic acids is 2. The molecule has 0 bridgehead atoms. The van der Waals surface area contributed by atoms with E-state index in [1.165, 1.54) is 0 Å². The van der Waals surface area contributed by atoms with Crippen molar-refractivity contribution in [3.05, 3.63) is 53.0 Å². The van der Waals surface area contributed by atoms with E-state index < -0.39 is 5.92 Å². The van der Waals surface area contributed by atoms with E-state index in [1.807, 2.05) is 42.5 Å². The highest BCUT2D eigenvalue weighted by atomic mass is 79.9. The van der Waals surface area contributed by atoms with Gasteiger partial charge in [-0.15, -0.1) is 0 Å². The average molecular weight is 433 g/mol. The molecule has 1 aliphatic heterocycles. The molecule has 1 fully saturated rings. The Bertz CT molecular complexity index is 827. The SMILES string of the molecule is COc1cccc(OCCNC(=O)C2CCN(c3cccc(Br)c3)C2=O)c1. The molecule has 1 N–H and O–H groups in total. The van der Waals surface area contributed by atoms with E-state index in [-0.39, 0.29) is 11.8 Å². The number of anilines is 1. The minimum atomic E-state index is -0.652. The van der Waals surface area contributed by atoms with Gasteiger partial charge in [0.1, 0.15) is 24.0 Å². The second-order valence-corrected chi connectivity index (χ2v) is 7.05. The molecule has 2 aromatic carbocycles. The minimum absolute atomic E-state index is 0.167. The summed E-state index contributed by atoms with van der Waals surface area (Å²) in [4.78, 5) is 26.6. The van der Waals surface area contributed by atoms with Crippen molar-refractivity contribution in [3.63, 3.8) is 0 Å². The molecular weight excluding hydrogens is 412 g/mol. The van der Waals surface area contributed by atoms with Crippen LogP contribution >= 0.6 is 15.9 Å². The van der Waals surface area contributed by atoms with Crippen LogP contribution in [-0.4, -0.2) is 38.6 Å². The van der Waals surface area contributed by atoms with Gasteiger partial charge in [-0.3, -0.25) is 9.59 Å². The number of nitrogens with one attached hydrogen (secondary N) is 1. The van der Waals surface area contributed by atoms with E-state index in [4.69, 9.17) is 9.47 Å². The van der Waals surface area contributed by atoms with Crippen molar-refractivity contribution < 1.29 is 19.1 Å². The van der Waals surface area contributed by atoms with Crippen LogP contribution in [0.4, 0.5) is 5.69 Å². The van der Waals surface area contributed by atoms with E-state index in [0.717, 1.165) is 10.2 Å². The van der Waals surface area contributed by atoms with Crippen LogP contribution in [0.5, 0.6) is 11.5 Å². The first-order valence-electron chi connectivity index (χ1n) is 8.70. The molecule has 1 aliphatic rings. The Kier molecular flexibility index (Phi) is 6.34. The lowest BCUT2D eigenvalue weighted by atomic mass is 10.1. The Morgan fingerprint density at radius 2 is 2.00 bits per heavy atom. The van der Waals surface area contributed by atoms with E-state index in [2.05, 4.69) is 21.2 Å². The predicted molar refractivity (Wildman–Crippen MR) is 106 cm³/mol. The molecular formula is C20H21BrN2O4. The van der Waals surface area contributed by atoms with Crippen LogP contribution in [0.15, 0.2) is 53.0 Å². The summed E-state index contributed by atoms with van der Waals surface area (Å²) in [7, 11) is 1.59. The molecule has 7 heteroatoms. The highest BCUT2D eigenvalue weighted by molar-refractivity contribution is 9.10. The van der Waals surface area contributed by atoms with Crippen LogP contribution in [0.25, 0.3) is 0 Å². The molecule has 27 heavy (non-hydrogen) atoms. The van der Waals surface area contributed by atoms with Gasteiger partial charge >= 0.3 is 0 Å². The van der Waals surface area contributed by atoms with Crippen LogP contribution in [0.1, 0.15) is 6.42 Å². The molecule has 1 saturated heterocycles. The van der Waals surface area contributed by atoms with Crippen LogP contribution in [0.2, 0.25) is 0 Å². The summed E-state index contributed by atoms with van der Waals surface area (Å²) >= 11 is 3.40. The largest absolute Gasteiger partial charge is 0.497 e. The Balaban J connectivity index is 1.48. The summed E-state index contributed by atoms with van der Waals surface area (Å²) in [6.07, 6.45) is 0.508. The van der Waals surface area contributed by atoms with Crippen molar-refractivity contribution in [1.29, 1.82) is 0 Å². The first kappa shape index (κ1) is 19.2. The summed E-state index contributed by atoms with van der Waals surface area (Å²) in [6.45, 7) is 1.18. The van der Waals surface area contributed by atoms with Crippen molar-refractivity contribution in [2.24, 2.45) is 5.92 Å². The van der Waals surface area contributed by atoms with Crippen molar-refractivity contribution in [3.8, 4) is 11.5 Å². The summed E-state index contributed by atoms with van der Waals surface area (Å²) in [6, 6.07) is 14.8. The van der Waals surface area contributed by atoms with Gasteiger partial charge in [0.25, 0.3) is 0 Å². The predicted octanol–water partition coefficient (Wildman–Crippen LogP) is 3.01. The number of rotatable bonds is 7. The number of benzene rings is 2. The lowest BCUT2D eigenvalue weighted by Gasteiger charge is -2.17. The van der Waals surface area contributed by atoms with Crippen LogP contribution in [-0.2, 0) is 9.59 Å². The molecule has 6 nitrogen and oxygen atoms in total. The topological polar surface area (TPSA) is 67.9 Å². The van der Waals surface area contributed by atoms with Gasteiger partial charge in [0.2, 0.25) is 11.8 Å². The first-order chi connectivity index (χ1) is 13.1. The fraction of sp³-hybridized carbons (Fsp3) is 0.300. The second-order valence-electron chi connectivity index (χ2n) is 6.13. The Morgan fingerprint density at radius 3 is 2.78 bits per heavy atom. The zero-order chi connectivity index (χ0) is 19.2. The summed E-state index contributed by atoms with van der Waals surface area (Å²) in [5.74, 6) is 0.300. The van der Waals surface area contributed by atoms with Crippen molar-refractivity contribution in [1.82, 2.24) is 5.32 Å². The normalized spacial score (nSPS) is 16.3. The molecule has 0 radical (unpaired) electrons. The molecule has 0 aliphatic carbocycles. The number of nitrogens with zero attached hydrogens (tertiary/aromatic N) is 1. The third-order valence-electron chi connectivity index (χ3n) is 4.35. The van der Waals surface area contributed by atoms with E-state index in [1.54, 1.807) is 18.1 Å². The monoisotopic (exact) mass is 432 g/mol. The van der Waals surface area contributed by atoms with Gasteiger partial charge in [0.05, 0.1) is 13.7 Å². The first-order valence-corrected chi connectivity index (χ1v) is 9.49. The lowest BCUT2D eigenvalue weighted by Crippen LogP contribution is -2.38. The van der Waals surface area contributed by atoms with Gasteiger partial charge in [0, 0.05) is 22.8 Å². The maximum atomic E-state index is 12.6. The fourth-order valence-corrected chi connectivity index (χ4v) is 3.37. The van der Waals surface area contributed by atoms with Crippen molar-refractivity contribution >= 4 is 33.4 Å². The fourth-order valence-electron chi connectivity index (χ4n) is 2.98. The standard InChI is InChI=1S/C20H21BrN2O4/c1-26-16-6-3-7-17(13-16)27-11-9-22-19(24)18-8-10-23(20(18)25)15-5-2-4-14(21)12-15/h2-7,12-13,18H,8-11H2,1H3,(H,22,24). The lowest BCUT2D eigenvalue weighted by molar-refractivity contribution is -0.132. The van der Waals surface area contributed by atoms with Gasteiger partial charge in [0.15, 0.2) is 0 Å². The van der Waals surface area contributed by atoms with Gasteiger partial charge < -0.3 is 19.7 Å². The van der Waals surface area contributed by atoms with E-state index in [0.29, 0.717) is 37.6 Å². The van der Waals surface area contributed by atoms with Crippen LogP contribution in [0.3, 0.4) is 0 Å². The number of carbonyl (C=O) groups is 2. The number of hydrogen-bond acceptors (Lipinski definition) is 4. The Morgan fingerprint density at radius 1 is 1.22 bits per heavy atom. The molecule has 0 spiro atoms. The smallest absolute Gasteiger partial charge is 0.239 e. The number of amides is 2. The summed E-state index contributed by atoms with van der Waals surface area (Å²) < 4.78 is 11.6. The number of halogens is 1. The molecule has 3 rings (SSSR count). The third-order valence-corrected chi connectivity index (χ3v) is 4.85. The van der Waals surface area contributed by atoms with Gasteiger partial charge in [-0.1, -0.05) is 28.1 Å². The maximum Gasteiger partial charge on any atom is 0.239 e. The molecule has 2 aromatic rings. The highest BCUT2D eigenvalue weighted by Gasteiger charge is 2.37. The molecule has 1 atom stereocenters. The Hall–Kier alpha value is -2.54. The van der Waals surface area contributed by atoms with E-state index >= 15 is 0 Å². The average Bonchev–Trinajstić information content (AvgIpc) is 3.07. The zero-order valence-electron chi connectivity index (χ0n) is 15.0. The van der Waals surface area contributed by atoms with Gasteiger partial charge in [-0.2, -0.15) is 0 Å². The van der Waals surface area contributed by atoms with Crippen LogP contribution < -0.4 is 19.7 Å². The van der Waals surface area contributed by atoms with Gasteiger partial charge in [-0.05, 0) is 36.8 Å². The number of ether oxygens (including phenoxy) is 2. The molecule has 142 valence electrons. The third kappa shape index (κ3) is 4.80. The zero-order valence-corrected chi connectivity index (χ0v) is 16.6. The number of methoxy groups -OCH3 is 1. The van der Waals surface area contributed by atoms with Crippen LogP contribution in [0, 0.1) is 5.92 Å². The van der Waals surface area contributed by atoms with Crippen molar-refractivity contribution in [2.45, 2.75) is 6.42 Å². The molecule has 2 amide bonds. The van der Waals surface area contributed by atoms with Gasteiger partial charge in [-0.25, -0.2) is 0 Å². The summed E-state index contributed by atoms with van der Waals surface area (Å²) in [5, 5.41) is 2.79. The molecule has 1 unspecified atom stereocenters. The molecule has 0 aromatic heterocycles. The maximum absolute atomic E-state index is 12.6. The highest BCUT2D eigenvalue weighted by Crippen LogP contribution is 2.27. The minimum Gasteiger partial charge on any atom is -0.497 e. The summed E-state index contributed by atoms with van der Waals surface area (Å²) in [5.41, 5.74) is 0.797. The molecule has 1 heterocycles. The van der Waals surface area contributed by atoms with Crippen molar-refractivity contribution in [2.75, 3.05) is 31.7 Å². The second kappa shape index (κ2) is 8.90. The molecule has 0 saturated carbocycles. The van der Waals surface area contributed by atoms with E-state index in [9.17, 15) is 9.59 Å². The Labute approximate surface area is 166 Å². The number of hydrogen-bond donors (Lipinski definition) is 1. The quantitative estimate of drug-likeness (QED) is 0.539.